The van der Waals surface area contributed by atoms with Crippen LogP contribution in [0, 0.1) is 0 Å². The first-order valence-electron chi connectivity index (χ1n) is 13.0. The van der Waals surface area contributed by atoms with E-state index < -0.39 is 78.0 Å². The number of phosphoric acid groups is 2. The van der Waals surface area contributed by atoms with Gasteiger partial charge in [-0.15, -0.1) is 0 Å². The van der Waals surface area contributed by atoms with Gasteiger partial charge in [-0.2, -0.15) is 0 Å². The molecule has 7 rings (SSSR count). The lowest BCUT2D eigenvalue weighted by Crippen LogP contribution is -2.36. The van der Waals surface area contributed by atoms with Crippen LogP contribution in [0.25, 0.3) is 11.2 Å². The van der Waals surface area contributed by atoms with Crippen LogP contribution >= 0.6 is 15.6 Å². The number of aromatic nitrogens is 6. The number of anilines is 2. The Morgan fingerprint density at radius 2 is 1.66 bits per heavy atom. The summed E-state index contributed by atoms with van der Waals surface area (Å²) in [7, 11) is -9.80. The van der Waals surface area contributed by atoms with Crippen molar-refractivity contribution in [1.29, 1.82) is 0 Å². The number of nitrogen functional groups attached to an aromatic ring is 1. The molecular formula is C20H27N11O11P2. The minimum Gasteiger partial charge on any atom is -0.387 e. The number of nitrogens with zero attached hydrogens (tertiary/aromatic N) is 7. The summed E-state index contributed by atoms with van der Waals surface area (Å²) in [5, 5.41) is 13.8. The van der Waals surface area contributed by atoms with E-state index in [1.54, 1.807) is 0 Å². The van der Waals surface area contributed by atoms with Crippen molar-refractivity contribution in [2.24, 2.45) is 16.5 Å². The Kier molecular flexibility index (Phi) is 7.23. The summed E-state index contributed by atoms with van der Waals surface area (Å²) >= 11 is 0. The maximum atomic E-state index is 13.2. The van der Waals surface area contributed by atoms with Crippen LogP contribution in [0.2, 0.25) is 0 Å². The molecule has 22 nitrogen and oxygen atoms in total. The summed E-state index contributed by atoms with van der Waals surface area (Å²) in [4.78, 5) is 41.7. The summed E-state index contributed by atoms with van der Waals surface area (Å²) < 4.78 is 62.2. The molecule has 0 radical (unpaired) electrons. The number of guanidine groups is 1. The van der Waals surface area contributed by atoms with E-state index in [4.69, 9.17) is 44.8 Å². The lowest BCUT2D eigenvalue weighted by molar-refractivity contribution is -0.0674. The number of fused-ring (bicyclic) bond motifs is 5. The predicted molar refractivity (Wildman–Crippen MR) is 144 cm³/mol. The van der Waals surface area contributed by atoms with E-state index in [0.29, 0.717) is 11.2 Å². The summed E-state index contributed by atoms with van der Waals surface area (Å²) in [5.74, 6) is 0.309. The van der Waals surface area contributed by atoms with Crippen LogP contribution in [0.1, 0.15) is 30.7 Å². The SMILES string of the molecule is NC1=NC(N)c2ncn([C@@H]3O[C@@H]4COP(=O)(O)OC5C[C@H](n6cnc7c(N)ncnc76)O[C@@H]5COP(=O)(O)O[C@H]3C4O)c2N1. The van der Waals surface area contributed by atoms with E-state index in [-0.39, 0.29) is 29.7 Å². The largest absolute Gasteiger partial charge is 0.472 e. The van der Waals surface area contributed by atoms with Crippen molar-refractivity contribution < 1.29 is 51.6 Å². The maximum absolute atomic E-state index is 13.2. The highest BCUT2D eigenvalue weighted by atomic mass is 31.2. The van der Waals surface area contributed by atoms with E-state index in [2.05, 4.69) is 30.2 Å². The van der Waals surface area contributed by atoms with Gasteiger partial charge in [-0.1, -0.05) is 0 Å². The van der Waals surface area contributed by atoms with Crippen molar-refractivity contribution in [3.05, 3.63) is 24.7 Å². The van der Waals surface area contributed by atoms with Gasteiger partial charge in [0, 0.05) is 6.42 Å². The fourth-order valence-electron chi connectivity index (χ4n) is 5.41. The molecule has 0 aliphatic carbocycles. The molecule has 10 atom stereocenters. The molecule has 3 saturated heterocycles. The van der Waals surface area contributed by atoms with Gasteiger partial charge in [0.2, 0.25) is 0 Å². The summed E-state index contributed by atoms with van der Waals surface area (Å²) in [6, 6.07) is 0. The highest BCUT2D eigenvalue weighted by molar-refractivity contribution is 7.47. The van der Waals surface area contributed by atoms with Crippen molar-refractivity contribution >= 4 is 44.4 Å². The zero-order valence-electron chi connectivity index (χ0n) is 22.3. The van der Waals surface area contributed by atoms with Crippen LogP contribution in [0.15, 0.2) is 24.0 Å². The molecule has 5 unspecified atom stereocenters. The highest BCUT2D eigenvalue weighted by Crippen LogP contribution is 2.54. The topological polar surface area (TPSA) is 314 Å². The Balaban J connectivity index is 1.17. The van der Waals surface area contributed by atoms with Crippen molar-refractivity contribution in [3.63, 3.8) is 0 Å². The molecule has 0 spiro atoms. The van der Waals surface area contributed by atoms with Gasteiger partial charge in [0.15, 0.2) is 23.7 Å². The molecule has 24 heteroatoms. The van der Waals surface area contributed by atoms with Crippen molar-refractivity contribution in [1.82, 2.24) is 29.1 Å². The smallest absolute Gasteiger partial charge is 0.387 e. The standard InChI is InChI=1S/C20H27N11O11P2/c21-15-11-17(25-4-24-15)30(5-26-11)10-1-7-8(39-10)2-37-44(35,36)42-14-13(32)9(3-38-43(33,34)41-7)40-19(14)31-6-27-12-16(22)28-20(23)29-18(12)31/h4-10,13-14,16,19,32H,1-3,22H2,(H,33,34)(H,35,36)(H2,21,24,25)(H3,23,28,29)/t7?,8-,9-,10-,13?,14+,16?,19-/m1/s1. The second-order valence-electron chi connectivity index (χ2n) is 10.2. The van der Waals surface area contributed by atoms with E-state index >= 15 is 0 Å². The number of hydrogen-bond acceptors (Lipinski definition) is 18. The van der Waals surface area contributed by atoms with Gasteiger partial charge in [-0.05, 0) is 0 Å². The molecule has 10 N–H and O–H groups in total. The van der Waals surface area contributed by atoms with Crippen molar-refractivity contribution in [3.8, 4) is 0 Å². The second kappa shape index (κ2) is 10.8. The second-order valence-corrected chi connectivity index (χ2v) is 13.0. The van der Waals surface area contributed by atoms with Gasteiger partial charge < -0.3 is 46.9 Å². The number of hydrogen-bond donors (Lipinski definition) is 7. The number of rotatable bonds is 2. The number of phosphoric ester groups is 2. The quantitative estimate of drug-likeness (QED) is 0.155. The van der Waals surface area contributed by atoms with Crippen LogP contribution in [-0.4, -0.2) is 93.7 Å². The summed E-state index contributed by atoms with van der Waals surface area (Å²) in [6.45, 7) is -1.32. The van der Waals surface area contributed by atoms with Crippen LogP contribution in [0.5, 0.6) is 0 Å². The Morgan fingerprint density at radius 1 is 0.932 bits per heavy atom. The third-order valence-corrected chi connectivity index (χ3v) is 9.42. The van der Waals surface area contributed by atoms with Gasteiger partial charge in [-0.3, -0.25) is 27.2 Å². The zero-order valence-corrected chi connectivity index (χ0v) is 24.1. The summed E-state index contributed by atoms with van der Waals surface area (Å²) in [6.07, 6.45) is -6.21. The van der Waals surface area contributed by atoms with E-state index in [9.17, 15) is 24.0 Å². The molecule has 3 fully saturated rings. The summed E-state index contributed by atoms with van der Waals surface area (Å²) in [5.41, 5.74) is 18.5. The predicted octanol–water partition coefficient (Wildman–Crippen LogP) is -1.43. The lowest BCUT2D eigenvalue weighted by atomic mass is 10.1. The van der Waals surface area contributed by atoms with Crippen molar-refractivity contribution in [2.75, 3.05) is 24.3 Å². The third-order valence-electron chi connectivity index (χ3n) is 7.42. The van der Waals surface area contributed by atoms with Crippen molar-refractivity contribution in [2.45, 2.75) is 55.6 Å². The first kappa shape index (κ1) is 29.6. The molecule has 44 heavy (non-hydrogen) atoms. The number of ether oxygens (including phenoxy) is 2. The average Bonchev–Trinajstić information content (AvgIpc) is 3.72. The van der Waals surface area contributed by atoms with E-state index in [1.165, 1.54) is 28.1 Å². The van der Waals surface area contributed by atoms with Crippen LogP contribution < -0.4 is 22.5 Å². The van der Waals surface area contributed by atoms with Gasteiger partial charge in [0.05, 0.1) is 25.9 Å². The highest BCUT2D eigenvalue weighted by Gasteiger charge is 2.52. The normalized spacial score (nSPS) is 39.4. The van der Waals surface area contributed by atoms with Gasteiger partial charge in [0.1, 0.15) is 66.3 Å². The molecule has 0 aromatic carbocycles. The monoisotopic (exact) mass is 659 g/mol. The fraction of sp³-hybridized carbons (Fsp3) is 0.550. The van der Waals surface area contributed by atoms with E-state index in [0.717, 1.165) is 0 Å². The first-order chi connectivity index (χ1) is 20.9. The number of aliphatic hydroxyl groups excluding tert-OH is 1. The number of nitrogens with one attached hydrogen (secondary N) is 1. The Morgan fingerprint density at radius 3 is 2.45 bits per heavy atom. The third kappa shape index (κ3) is 5.27. The zero-order chi connectivity index (χ0) is 31.0. The Bertz CT molecular complexity index is 1720. The molecule has 4 aliphatic rings. The molecule has 0 saturated carbocycles. The molecule has 0 amide bonds. The molecule has 238 valence electrons. The van der Waals surface area contributed by atoms with Gasteiger partial charge >= 0.3 is 15.6 Å². The number of imidazole rings is 2. The number of aliphatic imine (C=N–C) groups is 1. The minimum absolute atomic E-state index is 0.0386. The number of aliphatic hydroxyl groups is 1. The van der Waals surface area contributed by atoms with Crippen LogP contribution in [0.3, 0.4) is 0 Å². The Labute approximate surface area is 246 Å². The average molecular weight is 659 g/mol. The fourth-order valence-corrected chi connectivity index (χ4v) is 7.30. The van der Waals surface area contributed by atoms with Gasteiger partial charge in [-0.25, -0.2) is 34.1 Å². The first-order valence-corrected chi connectivity index (χ1v) is 16.0. The molecule has 4 aliphatic heterocycles. The van der Waals surface area contributed by atoms with Gasteiger partial charge in [0.25, 0.3) is 0 Å². The van der Waals surface area contributed by atoms with Crippen LogP contribution in [-0.2, 0) is 36.7 Å². The van der Waals surface area contributed by atoms with Crippen LogP contribution in [0.4, 0.5) is 11.6 Å². The lowest BCUT2D eigenvalue weighted by Gasteiger charge is -2.27. The molecule has 7 heterocycles. The molecular weight excluding hydrogens is 632 g/mol. The maximum Gasteiger partial charge on any atom is 0.472 e. The van der Waals surface area contributed by atoms with E-state index in [1.807, 2.05) is 0 Å². The minimum atomic E-state index is -4.97. The Hall–Kier alpha value is -3.11. The number of nitrogens with two attached hydrogens (primary N) is 3. The molecule has 3 aromatic rings. The molecule has 3 aromatic heterocycles. The molecule has 2 bridgehead atoms.